The number of hydrogen-bond acceptors (Lipinski definition) is 8. The summed E-state index contributed by atoms with van der Waals surface area (Å²) in [6, 6.07) is 16.5. The number of halogens is 2. The number of nitrogens with zero attached hydrogens (tertiary/aromatic N) is 2. The molecule has 184 valence electrons. The van der Waals surface area contributed by atoms with Crippen molar-refractivity contribution in [3.05, 3.63) is 108 Å². The molecule has 1 aliphatic heterocycles. The predicted molar refractivity (Wildman–Crippen MR) is 144 cm³/mol. The summed E-state index contributed by atoms with van der Waals surface area (Å²) in [5.74, 6) is -1.04. The summed E-state index contributed by atoms with van der Waals surface area (Å²) < 4.78 is 12.1. The number of carbonyl (C=O) groups excluding carboxylic acids is 2. The summed E-state index contributed by atoms with van der Waals surface area (Å²) in [7, 11) is 0. The Morgan fingerprint density at radius 2 is 1.92 bits per heavy atom. The van der Waals surface area contributed by atoms with Crippen LogP contribution >= 0.6 is 38.9 Å². The zero-order valence-electron chi connectivity index (χ0n) is 18.9. The Kier molecular flexibility index (Phi) is 6.63. The van der Waals surface area contributed by atoms with Crippen LogP contribution in [-0.2, 0) is 9.53 Å². The van der Waals surface area contributed by atoms with Crippen molar-refractivity contribution in [2.24, 2.45) is 4.99 Å². The Morgan fingerprint density at radius 1 is 1.16 bits per heavy atom. The number of nitro benzene ring substituents is 1. The molecule has 5 rings (SSSR count). The molecule has 0 spiro atoms. The Morgan fingerprint density at radius 3 is 2.65 bits per heavy atom. The molecular weight excluding hydrogens is 584 g/mol. The van der Waals surface area contributed by atoms with Gasteiger partial charge in [0.1, 0.15) is 10.6 Å². The van der Waals surface area contributed by atoms with E-state index in [1.165, 1.54) is 24.3 Å². The van der Waals surface area contributed by atoms with Crippen molar-refractivity contribution in [3.63, 3.8) is 0 Å². The second-order valence-electron chi connectivity index (χ2n) is 7.96. The van der Waals surface area contributed by atoms with E-state index in [0.717, 1.165) is 16.9 Å². The van der Waals surface area contributed by atoms with E-state index >= 15 is 0 Å². The van der Waals surface area contributed by atoms with E-state index in [2.05, 4.69) is 20.9 Å². The van der Waals surface area contributed by atoms with Crippen LogP contribution in [0.4, 0.5) is 5.69 Å². The molecule has 3 aromatic carbocycles. The maximum atomic E-state index is 13.0. The Bertz CT molecular complexity index is 1680. The molecule has 0 radical (unpaired) electrons. The fraction of sp³-hybridized carbons (Fsp3) is 0.0385. The van der Waals surface area contributed by atoms with Gasteiger partial charge >= 0.3 is 11.9 Å². The highest BCUT2D eigenvalue weighted by molar-refractivity contribution is 9.10. The summed E-state index contributed by atoms with van der Waals surface area (Å²) in [4.78, 5) is 40.5. The van der Waals surface area contributed by atoms with Crippen molar-refractivity contribution in [1.82, 2.24) is 0 Å². The van der Waals surface area contributed by atoms with E-state index in [-0.39, 0.29) is 32.9 Å². The lowest BCUT2D eigenvalue weighted by Crippen LogP contribution is -2.08. The number of esters is 2. The lowest BCUT2D eigenvalue weighted by atomic mass is 10.1. The van der Waals surface area contributed by atoms with Gasteiger partial charge in [0.2, 0.25) is 5.90 Å². The van der Waals surface area contributed by atoms with Crippen molar-refractivity contribution in [2.45, 2.75) is 6.92 Å². The van der Waals surface area contributed by atoms with Crippen molar-refractivity contribution in [3.8, 4) is 5.75 Å². The van der Waals surface area contributed by atoms with Crippen LogP contribution in [-0.4, -0.2) is 22.8 Å². The van der Waals surface area contributed by atoms with E-state index in [9.17, 15) is 19.7 Å². The van der Waals surface area contributed by atoms with Gasteiger partial charge in [-0.15, -0.1) is 11.3 Å². The minimum absolute atomic E-state index is 0.0400. The molecule has 1 aromatic heterocycles. The first kappa shape index (κ1) is 24.8. The first-order valence-corrected chi connectivity index (χ1v) is 12.7. The number of nitro groups is 1. The number of ether oxygens (including phenoxy) is 2. The number of hydrogen-bond donors (Lipinski definition) is 0. The molecule has 0 amide bonds. The van der Waals surface area contributed by atoms with E-state index in [4.69, 9.17) is 21.1 Å². The number of fused-ring (bicyclic) bond motifs is 1. The van der Waals surface area contributed by atoms with Crippen LogP contribution in [0.1, 0.15) is 26.4 Å². The molecule has 0 saturated carbocycles. The molecule has 0 bridgehead atoms. The minimum atomic E-state index is -0.742. The van der Waals surface area contributed by atoms with Gasteiger partial charge in [-0.05, 0) is 49.4 Å². The third kappa shape index (κ3) is 5.04. The van der Waals surface area contributed by atoms with Crippen LogP contribution in [0, 0.1) is 17.0 Å². The van der Waals surface area contributed by atoms with Gasteiger partial charge < -0.3 is 9.47 Å². The Balaban J connectivity index is 1.47. The number of carbonyl (C=O) groups is 2. The maximum absolute atomic E-state index is 13.0. The molecule has 2 heterocycles. The Labute approximate surface area is 227 Å². The van der Waals surface area contributed by atoms with E-state index in [0.29, 0.717) is 25.7 Å². The molecule has 11 heteroatoms. The van der Waals surface area contributed by atoms with Crippen molar-refractivity contribution >= 4 is 78.6 Å². The maximum Gasteiger partial charge on any atom is 0.363 e. The van der Waals surface area contributed by atoms with Crippen molar-refractivity contribution in [2.75, 3.05) is 0 Å². The number of rotatable bonds is 5. The summed E-state index contributed by atoms with van der Waals surface area (Å²) >= 11 is 10.8. The fourth-order valence-electron chi connectivity index (χ4n) is 3.55. The van der Waals surface area contributed by atoms with Crippen molar-refractivity contribution < 1.29 is 24.0 Å². The van der Waals surface area contributed by atoms with Gasteiger partial charge in [0.25, 0.3) is 5.69 Å². The minimum Gasteiger partial charge on any atom is -0.422 e. The van der Waals surface area contributed by atoms with E-state index in [1.54, 1.807) is 30.3 Å². The average Bonchev–Trinajstić information content (AvgIpc) is 3.40. The number of non-ortho nitro benzene ring substituents is 1. The average molecular weight is 598 g/mol. The molecule has 0 aliphatic carbocycles. The predicted octanol–water partition coefficient (Wildman–Crippen LogP) is 7.10. The van der Waals surface area contributed by atoms with Gasteiger partial charge in [0.15, 0.2) is 5.70 Å². The van der Waals surface area contributed by atoms with E-state index < -0.39 is 16.9 Å². The van der Waals surface area contributed by atoms with Gasteiger partial charge in [-0.25, -0.2) is 14.6 Å². The number of aliphatic imine (C=N–C) groups is 1. The summed E-state index contributed by atoms with van der Waals surface area (Å²) in [5.41, 5.74) is 2.04. The topological polar surface area (TPSA) is 108 Å². The zero-order valence-corrected chi connectivity index (χ0v) is 22.0. The SMILES string of the molecule is Cc1ccc(C2=N/C(=C/c3cc(Br)ccc3OC(=O)c3sc4cc([N+](=O)[O-])ccc4c3Cl)C(=O)O2)cc1. The third-order valence-corrected chi connectivity index (χ3v) is 7.53. The lowest BCUT2D eigenvalue weighted by Gasteiger charge is -2.08. The van der Waals surface area contributed by atoms with E-state index in [1.807, 2.05) is 19.1 Å². The monoisotopic (exact) mass is 596 g/mol. The lowest BCUT2D eigenvalue weighted by molar-refractivity contribution is -0.384. The van der Waals surface area contributed by atoms with Gasteiger partial charge in [-0.2, -0.15) is 0 Å². The standard InChI is InChI=1S/C26H14BrClN2O6S/c1-13-2-4-14(5-3-13)24-29-19(25(31)36-24)11-15-10-16(27)6-9-20(15)35-26(32)23-22(28)18-8-7-17(30(33)34)12-21(18)37-23/h2-12H,1H3/b19-11+. The van der Waals surface area contributed by atoms with Crippen LogP contribution in [0.25, 0.3) is 16.2 Å². The largest absolute Gasteiger partial charge is 0.422 e. The third-order valence-electron chi connectivity index (χ3n) is 5.39. The smallest absolute Gasteiger partial charge is 0.363 e. The molecule has 0 N–H and O–H groups in total. The second kappa shape index (κ2) is 9.89. The normalized spacial score (nSPS) is 14.1. The molecular formula is C26H14BrClN2O6S. The van der Waals surface area contributed by atoms with Gasteiger partial charge in [-0.1, -0.05) is 45.2 Å². The van der Waals surface area contributed by atoms with Crippen LogP contribution in [0.3, 0.4) is 0 Å². The van der Waals surface area contributed by atoms with Crippen LogP contribution in [0.5, 0.6) is 5.75 Å². The van der Waals surface area contributed by atoms with Crippen LogP contribution in [0.2, 0.25) is 5.02 Å². The molecule has 0 saturated heterocycles. The van der Waals surface area contributed by atoms with Gasteiger partial charge in [0, 0.05) is 37.8 Å². The molecule has 0 atom stereocenters. The molecule has 4 aromatic rings. The van der Waals surface area contributed by atoms with Gasteiger partial charge in [-0.3, -0.25) is 10.1 Å². The fourth-order valence-corrected chi connectivity index (χ4v) is 5.34. The van der Waals surface area contributed by atoms with Crippen LogP contribution < -0.4 is 4.74 Å². The molecule has 1 aliphatic rings. The number of benzene rings is 3. The first-order chi connectivity index (χ1) is 17.7. The highest BCUT2D eigenvalue weighted by Gasteiger charge is 2.26. The van der Waals surface area contributed by atoms with Gasteiger partial charge in [0.05, 0.1) is 9.95 Å². The number of cyclic esters (lactones) is 1. The quantitative estimate of drug-likeness (QED) is 0.0798. The highest BCUT2D eigenvalue weighted by atomic mass is 79.9. The first-order valence-electron chi connectivity index (χ1n) is 10.7. The second-order valence-corrected chi connectivity index (χ2v) is 10.3. The molecule has 0 unspecified atom stereocenters. The summed E-state index contributed by atoms with van der Waals surface area (Å²) in [5, 5.41) is 11.7. The molecule has 37 heavy (non-hydrogen) atoms. The van der Waals surface area contributed by atoms with Crippen molar-refractivity contribution in [1.29, 1.82) is 0 Å². The number of thiophene rings is 1. The van der Waals surface area contributed by atoms with Crippen LogP contribution in [0.15, 0.2) is 75.8 Å². The number of aryl methyl sites for hydroxylation is 1. The zero-order chi connectivity index (χ0) is 26.3. The summed E-state index contributed by atoms with van der Waals surface area (Å²) in [6.07, 6.45) is 1.47. The highest BCUT2D eigenvalue weighted by Crippen LogP contribution is 2.38. The summed E-state index contributed by atoms with van der Waals surface area (Å²) in [6.45, 7) is 1.95. The molecule has 8 nitrogen and oxygen atoms in total. The Hall–Kier alpha value is -3.86. The molecule has 0 fully saturated rings.